The summed E-state index contributed by atoms with van der Waals surface area (Å²) in [7, 11) is 0. The van der Waals surface area contributed by atoms with Crippen LogP contribution in [0.4, 0.5) is 0 Å². The summed E-state index contributed by atoms with van der Waals surface area (Å²) in [5, 5.41) is 9.82. The second kappa shape index (κ2) is 5.38. The number of aromatic hydroxyl groups is 1. The number of phenolic OH excluding ortho intramolecular Hbond substituents is 1. The van der Waals surface area contributed by atoms with Crippen LogP contribution < -0.4 is 0 Å². The Morgan fingerprint density at radius 3 is 2.62 bits per heavy atom. The Hall–Kier alpha value is -0.980. The van der Waals surface area contributed by atoms with E-state index in [1.54, 1.807) is 0 Å². The van der Waals surface area contributed by atoms with E-state index >= 15 is 0 Å². The zero-order valence-electron chi connectivity index (χ0n) is 10.2. The van der Waals surface area contributed by atoms with Crippen LogP contribution in [-0.4, -0.2) is 5.11 Å². The molecule has 0 heterocycles. The van der Waals surface area contributed by atoms with Crippen molar-refractivity contribution >= 4 is 0 Å². The summed E-state index contributed by atoms with van der Waals surface area (Å²) < 4.78 is 0. The van der Waals surface area contributed by atoms with E-state index in [0.29, 0.717) is 5.75 Å². The normalized spacial score (nSPS) is 17.6. The molecule has 1 aliphatic rings. The Kier molecular flexibility index (Phi) is 3.87. The van der Waals surface area contributed by atoms with Crippen molar-refractivity contribution in [2.24, 2.45) is 5.92 Å². The van der Waals surface area contributed by atoms with Gasteiger partial charge in [-0.2, -0.15) is 0 Å². The molecule has 1 nitrogen and oxygen atoms in total. The third kappa shape index (κ3) is 2.58. The Bertz CT molecular complexity index is 337. The van der Waals surface area contributed by atoms with Gasteiger partial charge in [0.25, 0.3) is 0 Å². The van der Waals surface area contributed by atoms with Gasteiger partial charge in [-0.05, 0) is 36.0 Å². The van der Waals surface area contributed by atoms with Crippen LogP contribution >= 0.6 is 0 Å². The molecule has 0 aromatic heterocycles. The zero-order chi connectivity index (χ0) is 11.4. The van der Waals surface area contributed by atoms with Gasteiger partial charge in [-0.3, -0.25) is 0 Å². The molecule has 1 N–H and O–H groups in total. The molecule has 1 fully saturated rings. The highest BCUT2D eigenvalue weighted by Crippen LogP contribution is 2.30. The maximum Gasteiger partial charge on any atom is 0.119 e. The molecule has 1 heteroatoms. The smallest absolute Gasteiger partial charge is 0.119 e. The summed E-state index contributed by atoms with van der Waals surface area (Å²) in [6.07, 6.45) is 9.05. The van der Waals surface area contributed by atoms with Crippen LogP contribution in [0, 0.1) is 5.92 Å². The van der Waals surface area contributed by atoms with E-state index in [1.807, 2.05) is 12.1 Å². The second-order valence-electron chi connectivity index (χ2n) is 4.98. The maximum atomic E-state index is 9.82. The average molecular weight is 218 g/mol. The summed E-state index contributed by atoms with van der Waals surface area (Å²) >= 11 is 0. The van der Waals surface area contributed by atoms with E-state index in [2.05, 4.69) is 13.0 Å². The first-order chi connectivity index (χ1) is 7.81. The van der Waals surface area contributed by atoms with Gasteiger partial charge in [0, 0.05) is 0 Å². The molecule has 1 aromatic carbocycles. The molecule has 0 radical (unpaired) electrons. The third-order valence-electron chi connectivity index (χ3n) is 3.84. The molecule has 1 aromatic rings. The maximum absolute atomic E-state index is 9.82. The molecule has 0 bridgehead atoms. The second-order valence-corrected chi connectivity index (χ2v) is 4.98. The van der Waals surface area contributed by atoms with E-state index < -0.39 is 0 Å². The summed E-state index contributed by atoms with van der Waals surface area (Å²) in [5.74, 6) is 1.33. The van der Waals surface area contributed by atoms with Crippen LogP contribution in [-0.2, 0) is 12.8 Å². The quantitative estimate of drug-likeness (QED) is 0.810. The number of hydrogen-bond acceptors (Lipinski definition) is 1. The van der Waals surface area contributed by atoms with Crippen LogP contribution in [0.25, 0.3) is 0 Å². The fraction of sp³-hybridized carbons (Fsp3) is 0.600. The number of hydrogen-bond donors (Lipinski definition) is 1. The lowest BCUT2D eigenvalue weighted by Gasteiger charge is -2.22. The minimum Gasteiger partial charge on any atom is -0.508 e. The Balaban J connectivity index is 2.10. The highest BCUT2D eigenvalue weighted by molar-refractivity contribution is 5.39. The molecule has 0 saturated heterocycles. The minimum absolute atomic E-state index is 0.482. The van der Waals surface area contributed by atoms with Gasteiger partial charge in [-0.1, -0.05) is 51.2 Å². The molecular formula is C15H22O. The molecule has 88 valence electrons. The summed E-state index contributed by atoms with van der Waals surface area (Å²) in [4.78, 5) is 0. The first-order valence-corrected chi connectivity index (χ1v) is 6.61. The molecule has 16 heavy (non-hydrogen) atoms. The standard InChI is InChI=1S/C15H22O/c1-2-14-13(9-6-10-15(14)16)11-12-7-4-3-5-8-12/h6,9-10,12,16H,2-5,7-8,11H2,1H3. The number of rotatable bonds is 3. The van der Waals surface area contributed by atoms with Crippen LogP contribution in [0.1, 0.15) is 50.2 Å². The molecule has 0 spiro atoms. The molecule has 0 amide bonds. The van der Waals surface area contributed by atoms with Gasteiger partial charge in [-0.25, -0.2) is 0 Å². The zero-order valence-corrected chi connectivity index (χ0v) is 10.2. The van der Waals surface area contributed by atoms with Gasteiger partial charge in [0.1, 0.15) is 5.75 Å². The molecule has 0 unspecified atom stereocenters. The summed E-state index contributed by atoms with van der Waals surface area (Å²) in [6.45, 7) is 2.12. The predicted octanol–water partition coefficient (Wildman–Crippen LogP) is 4.08. The van der Waals surface area contributed by atoms with Gasteiger partial charge in [0.2, 0.25) is 0 Å². The Morgan fingerprint density at radius 2 is 1.94 bits per heavy atom. The van der Waals surface area contributed by atoms with Crippen molar-refractivity contribution in [3.05, 3.63) is 29.3 Å². The van der Waals surface area contributed by atoms with E-state index in [4.69, 9.17) is 0 Å². The molecular weight excluding hydrogens is 196 g/mol. The fourth-order valence-electron chi connectivity index (χ4n) is 2.92. The Morgan fingerprint density at radius 1 is 1.19 bits per heavy atom. The largest absolute Gasteiger partial charge is 0.508 e. The monoisotopic (exact) mass is 218 g/mol. The molecule has 0 aliphatic heterocycles. The summed E-state index contributed by atoms with van der Waals surface area (Å²) in [5.41, 5.74) is 2.53. The van der Waals surface area contributed by atoms with E-state index in [0.717, 1.165) is 24.3 Å². The van der Waals surface area contributed by atoms with Crippen molar-refractivity contribution in [1.82, 2.24) is 0 Å². The van der Waals surface area contributed by atoms with E-state index in [9.17, 15) is 5.11 Å². The topological polar surface area (TPSA) is 20.2 Å². The Labute approximate surface area is 98.5 Å². The van der Waals surface area contributed by atoms with Gasteiger partial charge >= 0.3 is 0 Å². The summed E-state index contributed by atoms with van der Waals surface area (Å²) in [6, 6.07) is 5.98. The lowest BCUT2D eigenvalue weighted by atomic mass is 9.83. The highest BCUT2D eigenvalue weighted by atomic mass is 16.3. The van der Waals surface area contributed by atoms with E-state index in [1.165, 1.54) is 37.7 Å². The predicted molar refractivity (Wildman–Crippen MR) is 67.8 cm³/mol. The molecule has 1 aliphatic carbocycles. The fourth-order valence-corrected chi connectivity index (χ4v) is 2.92. The van der Waals surface area contributed by atoms with Crippen LogP contribution in [0.3, 0.4) is 0 Å². The van der Waals surface area contributed by atoms with Gasteiger partial charge in [0.15, 0.2) is 0 Å². The SMILES string of the molecule is CCc1c(O)cccc1CC1CCCCC1. The van der Waals surface area contributed by atoms with Gasteiger partial charge in [0.05, 0.1) is 0 Å². The molecule has 2 rings (SSSR count). The number of benzene rings is 1. The van der Waals surface area contributed by atoms with Crippen molar-refractivity contribution < 1.29 is 5.11 Å². The molecule has 0 atom stereocenters. The van der Waals surface area contributed by atoms with Crippen molar-refractivity contribution in [3.8, 4) is 5.75 Å². The average Bonchev–Trinajstić information content (AvgIpc) is 2.31. The van der Waals surface area contributed by atoms with Crippen LogP contribution in [0.2, 0.25) is 0 Å². The van der Waals surface area contributed by atoms with Crippen molar-refractivity contribution in [1.29, 1.82) is 0 Å². The minimum atomic E-state index is 0.482. The first kappa shape index (κ1) is 11.5. The first-order valence-electron chi connectivity index (χ1n) is 6.61. The van der Waals surface area contributed by atoms with Crippen molar-refractivity contribution in [2.75, 3.05) is 0 Å². The van der Waals surface area contributed by atoms with Crippen LogP contribution in [0.15, 0.2) is 18.2 Å². The van der Waals surface area contributed by atoms with Crippen molar-refractivity contribution in [3.63, 3.8) is 0 Å². The third-order valence-corrected chi connectivity index (χ3v) is 3.84. The number of phenols is 1. The molecule has 1 saturated carbocycles. The van der Waals surface area contributed by atoms with Gasteiger partial charge < -0.3 is 5.11 Å². The van der Waals surface area contributed by atoms with Crippen molar-refractivity contribution in [2.45, 2.75) is 51.9 Å². The van der Waals surface area contributed by atoms with Gasteiger partial charge in [-0.15, -0.1) is 0 Å². The lowest BCUT2D eigenvalue weighted by Crippen LogP contribution is -2.10. The van der Waals surface area contributed by atoms with Crippen LogP contribution in [0.5, 0.6) is 5.75 Å². The lowest BCUT2D eigenvalue weighted by molar-refractivity contribution is 0.355. The van der Waals surface area contributed by atoms with E-state index in [-0.39, 0.29) is 0 Å². The highest BCUT2D eigenvalue weighted by Gasteiger charge is 2.16.